The van der Waals surface area contributed by atoms with Gasteiger partial charge in [0.05, 0.1) is 26.3 Å². The molecule has 11 heteroatoms. The highest BCUT2D eigenvalue weighted by Crippen LogP contribution is 2.32. The first-order valence-electron chi connectivity index (χ1n) is 11.1. The lowest BCUT2D eigenvalue weighted by atomic mass is 9.93. The second kappa shape index (κ2) is 8.55. The van der Waals surface area contributed by atoms with Crippen LogP contribution in [0.5, 0.6) is 0 Å². The highest BCUT2D eigenvalue weighted by atomic mass is 19.1. The van der Waals surface area contributed by atoms with Gasteiger partial charge in [0, 0.05) is 24.8 Å². The number of aliphatic hydroxyl groups is 1. The SMILES string of the molecule is [2H]c1c(F)cc(F)c(Nc2nc3cnc(NC4CCC(O)CC4)nc3n2[C@H]2CCOC2)c1F. The van der Waals surface area contributed by atoms with Gasteiger partial charge in [-0.15, -0.1) is 0 Å². The zero-order valence-electron chi connectivity index (χ0n) is 18.1. The fourth-order valence-corrected chi connectivity index (χ4v) is 4.24. The van der Waals surface area contributed by atoms with Gasteiger partial charge in [0.1, 0.15) is 17.0 Å². The van der Waals surface area contributed by atoms with Crippen molar-refractivity contribution in [2.45, 2.75) is 50.3 Å². The van der Waals surface area contributed by atoms with Crippen LogP contribution in [0.15, 0.2) is 18.3 Å². The summed E-state index contributed by atoms with van der Waals surface area (Å²) in [6.45, 7) is 0.881. The molecule has 1 saturated heterocycles. The van der Waals surface area contributed by atoms with Crippen molar-refractivity contribution in [2.24, 2.45) is 0 Å². The molecule has 2 fully saturated rings. The van der Waals surface area contributed by atoms with Crippen LogP contribution in [-0.2, 0) is 4.74 Å². The zero-order valence-corrected chi connectivity index (χ0v) is 17.1. The number of halogens is 3. The van der Waals surface area contributed by atoms with E-state index in [0.717, 1.165) is 12.8 Å². The molecule has 0 spiro atoms. The summed E-state index contributed by atoms with van der Waals surface area (Å²) in [7, 11) is 0. The van der Waals surface area contributed by atoms with Crippen LogP contribution >= 0.6 is 0 Å². The summed E-state index contributed by atoms with van der Waals surface area (Å²) in [5, 5.41) is 15.6. The number of nitrogens with one attached hydrogen (secondary N) is 2. The normalized spacial score (nSPS) is 24.0. The third-order valence-electron chi connectivity index (χ3n) is 5.91. The molecule has 0 unspecified atom stereocenters. The Labute approximate surface area is 183 Å². The van der Waals surface area contributed by atoms with Crippen LogP contribution in [0.3, 0.4) is 0 Å². The Morgan fingerprint density at radius 3 is 2.69 bits per heavy atom. The molecule has 3 heterocycles. The molecule has 8 nitrogen and oxygen atoms in total. The van der Waals surface area contributed by atoms with Gasteiger partial charge < -0.3 is 20.5 Å². The van der Waals surface area contributed by atoms with Crippen molar-refractivity contribution in [3.63, 3.8) is 0 Å². The fraction of sp³-hybridized carbons (Fsp3) is 0.476. The lowest BCUT2D eigenvalue weighted by Gasteiger charge is -2.26. The van der Waals surface area contributed by atoms with Crippen molar-refractivity contribution in [2.75, 3.05) is 23.8 Å². The van der Waals surface area contributed by atoms with Crippen LogP contribution in [-0.4, -0.2) is 50.0 Å². The average molecular weight is 449 g/mol. The molecule has 1 saturated carbocycles. The van der Waals surface area contributed by atoms with Crippen LogP contribution in [0.25, 0.3) is 11.2 Å². The average Bonchev–Trinajstić information content (AvgIpc) is 3.44. The van der Waals surface area contributed by atoms with Gasteiger partial charge in [-0.1, -0.05) is 0 Å². The molecule has 32 heavy (non-hydrogen) atoms. The van der Waals surface area contributed by atoms with Gasteiger partial charge in [-0.05, 0) is 32.1 Å². The highest BCUT2D eigenvalue weighted by molar-refractivity contribution is 5.76. The third-order valence-corrected chi connectivity index (χ3v) is 5.91. The molecule has 3 aromatic rings. The van der Waals surface area contributed by atoms with Crippen molar-refractivity contribution < 1.29 is 24.4 Å². The number of hydrogen-bond donors (Lipinski definition) is 3. The number of hydrogen-bond acceptors (Lipinski definition) is 7. The molecule has 1 aliphatic heterocycles. The van der Waals surface area contributed by atoms with Gasteiger partial charge in [0.25, 0.3) is 0 Å². The molecule has 2 aliphatic rings. The van der Waals surface area contributed by atoms with Crippen molar-refractivity contribution in [3.8, 4) is 0 Å². The van der Waals surface area contributed by atoms with Gasteiger partial charge in [-0.3, -0.25) is 4.57 Å². The highest BCUT2D eigenvalue weighted by Gasteiger charge is 2.27. The number of ether oxygens (including phenoxy) is 1. The quantitative estimate of drug-likeness (QED) is 0.547. The Morgan fingerprint density at radius 1 is 1.12 bits per heavy atom. The fourth-order valence-electron chi connectivity index (χ4n) is 4.24. The van der Waals surface area contributed by atoms with Gasteiger partial charge in [-0.2, -0.15) is 4.98 Å². The first-order chi connectivity index (χ1) is 15.9. The Bertz CT molecular complexity index is 1180. The number of imidazole rings is 1. The van der Waals surface area contributed by atoms with E-state index in [0.29, 0.717) is 55.7 Å². The molecule has 170 valence electrons. The maximum atomic E-state index is 14.5. The molecule has 1 atom stereocenters. The van der Waals surface area contributed by atoms with E-state index in [1.807, 2.05) is 0 Å². The summed E-state index contributed by atoms with van der Waals surface area (Å²) < 4.78 is 57.0. The van der Waals surface area contributed by atoms with E-state index in [1.165, 1.54) is 6.20 Å². The molecule has 1 aromatic carbocycles. The lowest BCUT2D eigenvalue weighted by Crippen LogP contribution is -2.29. The minimum absolute atomic E-state index is 0.0940. The molecule has 5 rings (SSSR count). The van der Waals surface area contributed by atoms with Crippen LogP contribution in [0.4, 0.5) is 30.8 Å². The summed E-state index contributed by atoms with van der Waals surface area (Å²) in [4.78, 5) is 13.3. The van der Waals surface area contributed by atoms with Crippen LogP contribution in [0.1, 0.15) is 39.5 Å². The second-order valence-corrected chi connectivity index (χ2v) is 8.15. The smallest absolute Gasteiger partial charge is 0.224 e. The van der Waals surface area contributed by atoms with Crippen LogP contribution < -0.4 is 10.6 Å². The monoisotopic (exact) mass is 449 g/mol. The second-order valence-electron chi connectivity index (χ2n) is 8.15. The number of benzene rings is 1. The molecule has 1 aliphatic carbocycles. The minimum Gasteiger partial charge on any atom is -0.393 e. The van der Waals surface area contributed by atoms with Crippen LogP contribution in [0, 0.1) is 17.5 Å². The van der Waals surface area contributed by atoms with Crippen molar-refractivity contribution in [1.29, 1.82) is 0 Å². The number of aliphatic hydroxyl groups excluding tert-OH is 1. The summed E-state index contributed by atoms with van der Waals surface area (Å²) >= 11 is 0. The molecule has 2 aromatic heterocycles. The number of nitrogens with zero attached hydrogens (tertiary/aromatic N) is 4. The summed E-state index contributed by atoms with van der Waals surface area (Å²) in [6, 6.07) is -0.628. The topological polar surface area (TPSA) is 97.1 Å². The Morgan fingerprint density at radius 2 is 1.94 bits per heavy atom. The molecular formula is C21H23F3N6O2. The van der Waals surface area contributed by atoms with E-state index in [2.05, 4.69) is 25.6 Å². The van der Waals surface area contributed by atoms with E-state index in [-0.39, 0.29) is 24.1 Å². The number of fused-ring (bicyclic) bond motifs is 1. The molecule has 0 bridgehead atoms. The van der Waals surface area contributed by atoms with Crippen molar-refractivity contribution in [3.05, 3.63) is 35.8 Å². The van der Waals surface area contributed by atoms with Gasteiger partial charge in [0.15, 0.2) is 17.3 Å². The third kappa shape index (κ3) is 4.09. The maximum Gasteiger partial charge on any atom is 0.224 e. The van der Waals surface area contributed by atoms with E-state index in [9.17, 15) is 18.3 Å². The molecule has 0 radical (unpaired) electrons. The largest absolute Gasteiger partial charge is 0.393 e. The van der Waals surface area contributed by atoms with Gasteiger partial charge in [0.2, 0.25) is 11.9 Å². The lowest BCUT2D eigenvalue weighted by molar-refractivity contribution is 0.126. The Balaban J connectivity index is 1.52. The first kappa shape index (κ1) is 19.7. The van der Waals surface area contributed by atoms with E-state index >= 15 is 0 Å². The zero-order chi connectivity index (χ0) is 23.1. The predicted octanol–water partition coefficient (Wildman–Crippen LogP) is 3.66. The predicted molar refractivity (Wildman–Crippen MR) is 111 cm³/mol. The van der Waals surface area contributed by atoms with Gasteiger partial charge in [-0.25, -0.2) is 23.1 Å². The Kier molecular flexibility index (Phi) is 5.27. The molecule has 3 N–H and O–H groups in total. The Hall–Kier alpha value is -2.92. The number of aromatic nitrogens is 4. The first-order valence-corrected chi connectivity index (χ1v) is 10.6. The van der Waals surface area contributed by atoms with Crippen molar-refractivity contribution in [1.82, 2.24) is 19.5 Å². The maximum absolute atomic E-state index is 14.5. The molecule has 0 amide bonds. The minimum atomic E-state index is -1.35. The summed E-state index contributed by atoms with van der Waals surface area (Å²) in [6.07, 6.45) is 4.89. The number of rotatable bonds is 5. The van der Waals surface area contributed by atoms with E-state index in [4.69, 9.17) is 6.11 Å². The van der Waals surface area contributed by atoms with E-state index in [1.54, 1.807) is 4.57 Å². The van der Waals surface area contributed by atoms with E-state index < -0.39 is 29.2 Å². The number of anilines is 3. The summed E-state index contributed by atoms with van der Waals surface area (Å²) in [5.41, 5.74) is 0.197. The van der Waals surface area contributed by atoms with Crippen LogP contribution in [0.2, 0.25) is 0 Å². The standard InChI is InChI=1S/C21H23F3N6O2/c22-11-7-15(23)18(16(24)8-11)28-21-27-17-9-25-20(26-12-1-3-14(31)4-2-12)29-19(17)30(21)13-5-6-32-10-13/h7-9,12-14,31H,1-6,10H2,(H,27,28)(H,25,26,29)/t12?,13-,14?/m0/s1/i7D. The molecular weight excluding hydrogens is 425 g/mol. The van der Waals surface area contributed by atoms with Gasteiger partial charge >= 0.3 is 0 Å². The summed E-state index contributed by atoms with van der Waals surface area (Å²) in [5.74, 6) is -3.32. The van der Waals surface area contributed by atoms with Crippen molar-refractivity contribution >= 4 is 28.7 Å².